The molecule has 0 spiro atoms. The van der Waals surface area contributed by atoms with E-state index in [0.717, 1.165) is 11.8 Å². The Morgan fingerprint density at radius 2 is 1.82 bits per heavy atom. The quantitative estimate of drug-likeness (QED) is 0.161. The van der Waals surface area contributed by atoms with Crippen LogP contribution in [0.2, 0.25) is 0 Å². The molecule has 0 aromatic carbocycles. The monoisotopic (exact) mass is 811 g/mol. The van der Waals surface area contributed by atoms with E-state index in [-0.39, 0.29) is 44.0 Å². The van der Waals surface area contributed by atoms with Crippen molar-refractivity contribution in [2.45, 2.75) is 128 Å². The van der Waals surface area contributed by atoms with Gasteiger partial charge in [-0.3, -0.25) is 14.6 Å². The fourth-order valence-corrected chi connectivity index (χ4v) is 9.61. The number of ketones is 2. The molecule has 3 aliphatic rings. The Balaban J connectivity index is 1.57. The van der Waals surface area contributed by atoms with Crippen molar-refractivity contribution in [3.63, 3.8) is 0 Å². The standard InChI is InChI=1S/C43H58FN3O9S/c1-12-33-43(9)34(25(3)23-53-43)27(5)35(48)24(2)20-41(7,52-17-13-15-29-21-46-30(22-45-29)32-16-14-18-57-32)38(28(6)37(50)42(8,44)40(51)55-33)56-39-36(49)31(47(10)11)19-26(4)54-39/h14,16,18,21-22,24,26-28,31,33-34,36,38-39,49H,3,12,17,19-20,23H2,1-2,4-11H3/t24?,26-,27?,28-,31?,33?,34?,36-,38+,39+,41?,42?,43+/m0/s1. The molecule has 3 aliphatic heterocycles. The molecule has 0 radical (unpaired) electrons. The highest BCUT2D eigenvalue weighted by Gasteiger charge is 2.58. The van der Waals surface area contributed by atoms with Crippen LogP contribution < -0.4 is 0 Å². The molecular formula is C43H58FN3O9S. The van der Waals surface area contributed by atoms with Gasteiger partial charge in [0.2, 0.25) is 0 Å². The van der Waals surface area contributed by atoms with Gasteiger partial charge in [0.25, 0.3) is 5.67 Å². The van der Waals surface area contributed by atoms with Crippen LogP contribution in [0.5, 0.6) is 0 Å². The summed E-state index contributed by atoms with van der Waals surface area (Å²) in [6.07, 6.45) is -1.26. The molecule has 5 heterocycles. The summed E-state index contributed by atoms with van der Waals surface area (Å²) in [5.41, 5.74) is -4.14. The Kier molecular flexibility index (Phi) is 14.0. The minimum atomic E-state index is -3.13. The van der Waals surface area contributed by atoms with Crippen LogP contribution in [-0.2, 0) is 38.1 Å². The van der Waals surface area contributed by atoms with E-state index in [9.17, 15) is 19.5 Å². The molecule has 1 N–H and O–H groups in total. The number of likely N-dealkylation sites (N-methyl/N-ethyl adjacent to an activating group) is 1. The second kappa shape index (κ2) is 17.8. The van der Waals surface area contributed by atoms with Gasteiger partial charge in [-0.2, -0.15) is 0 Å². The van der Waals surface area contributed by atoms with E-state index in [4.69, 9.17) is 23.7 Å². The fraction of sp³-hybridized carbons (Fsp3) is 0.651. The maximum Gasteiger partial charge on any atom is 0.351 e. The molecule has 57 heavy (non-hydrogen) atoms. The molecule has 0 amide bonds. The summed E-state index contributed by atoms with van der Waals surface area (Å²) in [7, 11) is 3.66. The second-order valence-corrected chi connectivity index (χ2v) is 17.6. The highest BCUT2D eigenvalue weighted by Crippen LogP contribution is 2.47. The van der Waals surface area contributed by atoms with Gasteiger partial charge in [-0.05, 0) is 84.0 Å². The van der Waals surface area contributed by atoms with Crippen LogP contribution in [0.3, 0.4) is 0 Å². The van der Waals surface area contributed by atoms with E-state index < -0.39 is 76.9 Å². The number of esters is 1. The largest absolute Gasteiger partial charge is 0.457 e. The topological polar surface area (TPSA) is 147 Å². The Hall–Kier alpha value is -3.42. The van der Waals surface area contributed by atoms with Crippen LogP contribution in [0.4, 0.5) is 4.39 Å². The number of nitrogens with zero attached hydrogens (tertiary/aromatic N) is 3. The maximum atomic E-state index is 16.9. The number of aromatic nitrogens is 2. The fourth-order valence-electron chi connectivity index (χ4n) is 8.93. The van der Waals surface area contributed by atoms with E-state index in [0.29, 0.717) is 23.4 Å². The van der Waals surface area contributed by atoms with E-state index in [1.807, 2.05) is 43.4 Å². The first-order chi connectivity index (χ1) is 26.7. The molecular weight excluding hydrogens is 754 g/mol. The van der Waals surface area contributed by atoms with Crippen molar-refractivity contribution in [2.24, 2.45) is 23.7 Å². The Morgan fingerprint density at radius 3 is 2.44 bits per heavy atom. The van der Waals surface area contributed by atoms with Gasteiger partial charge in [0.1, 0.15) is 35.9 Å². The van der Waals surface area contributed by atoms with Gasteiger partial charge in [-0.15, -0.1) is 11.3 Å². The Labute approximate surface area is 339 Å². The van der Waals surface area contributed by atoms with Gasteiger partial charge in [0.05, 0.1) is 47.4 Å². The lowest BCUT2D eigenvalue weighted by molar-refractivity contribution is -0.296. The number of aliphatic hydroxyl groups excluding tert-OH is 1. The van der Waals surface area contributed by atoms with Crippen LogP contribution in [0, 0.1) is 35.5 Å². The van der Waals surface area contributed by atoms with Crippen molar-refractivity contribution in [3.05, 3.63) is 47.8 Å². The van der Waals surface area contributed by atoms with E-state index in [2.05, 4.69) is 28.4 Å². The first kappa shape index (κ1) is 44.7. The van der Waals surface area contributed by atoms with Crippen molar-refractivity contribution in [2.75, 3.05) is 27.3 Å². The molecule has 5 rings (SSSR count). The lowest BCUT2D eigenvalue weighted by Gasteiger charge is -2.47. The van der Waals surface area contributed by atoms with Crippen LogP contribution >= 0.6 is 11.3 Å². The molecule has 7 unspecified atom stereocenters. The number of ether oxygens (including phenoxy) is 5. The number of carbonyl (C=O) groups excluding carboxylic acids is 3. The number of carbonyl (C=O) groups is 3. The average Bonchev–Trinajstić information content (AvgIpc) is 3.82. The van der Waals surface area contributed by atoms with Crippen molar-refractivity contribution in [1.29, 1.82) is 0 Å². The molecule has 13 atom stereocenters. The predicted molar refractivity (Wildman–Crippen MR) is 213 cm³/mol. The highest BCUT2D eigenvalue weighted by atomic mass is 32.1. The summed E-state index contributed by atoms with van der Waals surface area (Å²) in [5, 5.41) is 13.5. The lowest BCUT2D eigenvalue weighted by Crippen LogP contribution is -2.61. The third-order valence-corrected chi connectivity index (χ3v) is 12.9. The van der Waals surface area contributed by atoms with Gasteiger partial charge in [0.15, 0.2) is 12.1 Å². The maximum absolute atomic E-state index is 16.9. The Morgan fingerprint density at radius 1 is 1.11 bits per heavy atom. The zero-order valence-electron chi connectivity index (χ0n) is 34.7. The first-order valence-corrected chi connectivity index (χ1v) is 20.6. The molecule has 3 saturated heterocycles. The molecule has 312 valence electrons. The SMILES string of the molecule is C=C1CO[C@]2(C)C(CC)OC(=O)C(C)(F)C(=O)[C@H](C)[C@@H](O[C@H]3O[C@@H](C)CC(N(C)C)[C@@H]3O)C(C)(OCC#Cc3cnc(-c4cccs4)cn3)CC(C)C(=O)C(C)C12. The highest BCUT2D eigenvalue weighted by molar-refractivity contribution is 7.13. The molecule has 0 saturated carbocycles. The number of fused-ring (bicyclic) bond motifs is 1. The predicted octanol–water partition coefficient (Wildman–Crippen LogP) is 5.60. The summed E-state index contributed by atoms with van der Waals surface area (Å²) >= 11 is 1.54. The summed E-state index contributed by atoms with van der Waals surface area (Å²) in [4.78, 5) is 54.5. The molecule has 2 aromatic heterocycles. The minimum Gasteiger partial charge on any atom is -0.457 e. The lowest BCUT2D eigenvalue weighted by atomic mass is 9.69. The molecule has 3 fully saturated rings. The van der Waals surface area contributed by atoms with Crippen LogP contribution in [0.1, 0.15) is 80.3 Å². The van der Waals surface area contributed by atoms with Crippen LogP contribution in [0.15, 0.2) is 42.1 Å². The average molecular weight is 812 g/mol. The number of hydrogen-bond donors (Lipinski definition) is 1. The van der Waals surface area contributed by atoms with Crippen LogP contribution in [0.25, 0.3) is 10.6 Å². The number of Topliss-reactive ketones (excluding diaryl/α,β-unsaturated/α-hetero) is 2. The number of aliphatic hydroxyl groups is 1. The summed E-state index contributed by atoms with van der Waals surface area (Å²) in [5.74, 6) is -0.0447. The zero-order chi connectivity index (χ0) is 42.0. The normalized spacial score (nSPS) is 38.3. The third kappa shape index (κ3) is 9.25. The van der Waals surface area contributed by atoms with Gasteiger partial charge in [-0.25, -0.2) is 14.2 Å². The number of halogens is 1. The summed E-state index contributed by atoms with van der Waals surface area (Å²) in [6, 6.07) is 3.50. The van der Waals surface area contributed by atoms with Crippen molar-refractivity contribution in [1.82, 2.24) is 14.9 Å². The van der Waals surface area contributed by atoms with Crippen molar-refractivity contribution in [3.8, 4) is 22.4 Å². The van der Waals surface area contributed by atoms with Gasteiger partial charge < -0.3 is 33.7 Å². The molecule has 0 bridgehead atoms. The number of alkyl halides is 1. The van der Waals surface area contributed by atoms with Gasteiger partial charge in [0, 0.05) is 29.7 Å². The summed E-state index contributed by atoms with van der Waals surface area (Å²) in [6.45, 7) is 17.0. The van der Waals surface area contributed by atoms with E-state index in [1.54, 1.807) is 58.3 Å². The van der Waals surface area contributed by atoms with Crippen LogP contribution in [-0.4, -0.2) is 118 Å². The number of hydrogen-bond acceptors (Lipinski definition) is 13. The smallest absolute Gasteiger partial charge is 0.351 e. The van der Waals surface area contributed by atoms with Crippen molar-refractivity contribution < 1.29 is 47.6 Å². The molecule has 14 heteroatoms. The van der Waals surface area contributed by atoms with E-state index >= 15 is 4.39 Å². The minimum absolute atomic E-state index is 0.00758. The molecule has 12 nitrogen and oxygen atoms in total. The molecule has 0 aliphatic carbocycles. The number of thiophene rings is 1. The number of rotatable bonds is 7. The van der Waals surface area contributed by atoms with Crippen molar-refractivity contribution >= 4 is 28.9 Å². The second-order valence-electron chi connectivity index (χ2n) is 16.7. The third-order valence-electron chi connectivity index (χ3n) is 12.0. The van der Waals surface area contributed by atoms with Gasteiger partial charge >= 0.3 is 5.97 Å². The zero-order valence-corrected chi connectivity index (χ0v) is 35.6. The van der Waals surface area contributed by atoms with Gasteiger partial charge in [-0.1, -0.05) is 46.3 Å². The molecule has 2 aromatic rings. The van der Waals surface area contributed by atoms with E-state index in [1.165, 1.54) is 6.92 Å². The summed E-state index contributed by atoms with van der Waals surface area (Å²) < 4.78 is 48.3. The first-order valence-electron chi connectivity index (χ1n) is 19.7. The Bertz CT molecular complexity index is 1830. The number of cyclic esters (lactones) is 1.